The van der Waals surface area contributed by atoms with Crippen LogP contribution in [0.15, 0.2) is 176 Å². The molecular weight excluding hydrogens is 735 g/mol. The van der Waals surface area contributed by atoms with E-state index in [0.29, 0.717) is 5.92 Å². The van der Waals surface area contributed by atoms with Crippen LogP contribution in [-0.4, -0.2) is 20.8 Å². The van der Waals surface area contributed by atoms with E-state index in [0.717, 1.165) is 69.2 Å². The summed E-state index contributed by atoms with van der Waals surface area (Å²) in [7, 11) is 0. The van der Waals surface area contributed by atoms with Gasteiger partial charge in [0.25, 0.3) is 0 Å². The first-order valence-corrected chi connectivity index (χ1v) is 21.0. The number of ether oxygens (including phenoxy) is 1. The third-order valence-electron chi connectivity index (χ3n) is 11.6. The van der Waals surface area contributed by atoms with Crippen LogP contribution in [0, 0.1) is 5.92 Å². The summed E-state index contributed by atoms with van der Waals surface area (Å²) in [6.07, 6.45) is 7.30. The number of hydrogen-bond donors (Lipinski definition) is 0. The summed E-state index contributed by atoms with van der Waals surface area (Å²) in [5.74, 6) is 2.90. The highest BCUT2D eigenvalue weighted by molar-refractivity contribution is 6.20. The van der Waals surface area contributed by atoms with Crippen molar-refractivity contribution in [1.82, 2.24) is 14.1 Å². The second-order valence-corrected chi connectivity index (χ2v) is 17.3. The number of para-hydroxylation sites is 2. The highest BCUT2D eigenvalue weighted by atomic mass is 16.5. The number of benzene rings is 6. The van der Waals surface area contributed by atoms with Crippen LogP contribution in [0.1, 0.15) is 45.7 Å². The van der Waals surface area contributed by atoms with Crippen LogP contribution < -0.4 is 14.5 Å². The molecule has 9 aromatic rings. The third kappa shape index (κ3) is 6.78. The van der Waals surface area contributed by atoms with Crippen LogP contribution in [0.4, 0.5) is 11.4 Å². The molecule has 1 aliphatic heterocycles. The monoisotopic (exact) mass is 783 g/mol. The smallest absolute Gasteiger partial charge is 0.137 e. The fraction of sp³-hybridized carbons (Fsp3) is 0.167. The molecule has 0 aliphatic carbocycles. The lowest BCUT2D eigenvalue weighted by molar-refractivity contribution is 0.483. The van der Waals surface area contributed by atoms with Crippen molar-refractivity contribution in [3.8, 4) is 34.1 Å². The summed E-state index contributed by atoms with van der Waals surface area (Å²) in [5, 5.41) is 2.29. The SMILES string of the molecule is CC(C)Cc1cc(-n2c3cc(Oc4cccc(N5C=CN(c6cccc(C(C)(C)C)c6)C5)c4)ccc3c3c2c2ccccc2n3-c2ccccc2)ncc1-c1ccccc1. The topological polar surface area (TPSA) is 38.5 Å². The van der Waals surface area contributed by atoms with Crippen LogP contribution in [0.5, 0.6) is 11.5 Å². The van der Waals surface area contributed by atoms with Gasteiger partial charge in [-0.1, -0.05) is 120 Å². The standard InChI is InChI=1S/C54H49N5O/c1-37(2)30-39-31-51(55-35-48(39)38-16-8-6-9-17-38)59-50-34-45(26-27-47(50)52-53(59)46-24-12-13-25-49(46)58(52)41-19-10-7-11-20-41)60-44-23-15-22-43(33-44)57-29-28-56(36-57)42-21-14-18-40(32-42)54(3,4)5/h6-29,31-35,37H,30,36H2,1-5H3. The van der Waals surface area contributed by atoms with E-state index in [1.807, 2.05) is 6.07 Å². The highest BCUT2D eigenvalue weighted by Gasteiger charge is 2.24. The molecule has 0 radical (unpaired) electrons. The van der Waals surface area contributed by atoms with E-state index in [9.17, 15) is 0 Å². The second-order valence-electron chi connectivity index (χ2n) is 17.3. The molecule has 0 amide bonds. The first kappa shape index (κ1) is 37.2. The quantitative estimate of drug-likeness (QED) is 0.146. The maximum Gasteiger partial charge on any atom is 0.137 e. The summed E-state index contributed by atoms with van der Waals surface area (Å²) in [5.41, 5.74) is 12.9. The summed E-state index contributed by atoms with van der Waals surface area (Å²) in [6.45, 7) is 12.1. The Morgan fingerprint density at radius 2 is 1.22 bits per heavy atom. The fourth-order valence-electron chi connectivity index (χ4n) is 8.72. The van der Waals surface area contributed by atoms with Crippen molar-refractivity contribution in [2.24, 2.45) is 5.92 Å². The van der Waals surface area contributed by atoms with E-state index < -0.39 is 0 Å². The van der Waals surface area contributed by atoms with Gasteiger partial charge in [-0.15, -0.1) is 0 Å². The van der Waals surface area contributed by atoms with Crippen LogP contribution >= 0.6 is 0 Å². The molecular formula is C54H49N5O. The van der Waals surface area contributed by atoms with E-state index in [1.165, 1.54) is 33.3 Å². The van der Waals surface area contributed by atoms with Crippen molar-refractivity contribution in [1.29, 1.82) is 0 Å². The number of rotatable bonds is 9. The maximum atomic E-state index is 6.77. The molecule has 4 heterocycles. The van der Waals surface area contributed by atoms with Crippen molar-refractivity contribution in [2.75, 3.05) is 16.5 Å². The number of anilines is 2. The van der Waals surface area contributed by atoms with Gasteiger partial charge in [0.2, 0.25) is 0 Å². The molecule has 6 nitrogen and oxygen atoms in total. The molecule has 3 aromatic heterocycles. The number of pyridine rings is 1. The Morgan fingerprint density at radius 1 is 0.583 bits per heavy atom. The van der Waals surface area contributed by atoms with Crippen molar-refractivity contribution in [3.05, 3.63) is 187 Å². The largest absolute Gasteiger partial charge is 0.457 e. The Bertz CT molecular complexity index is 3040. The summed E-state index contributed by atoms with van der Waals surface area (Å²) < 4.78 is 11.5. The minimum atomic E-state index is 0.0849. The van der Waals surface area contributed by atoms with Gasteiger partial charge in [-0.2, -0.15) is 0 Å². The molecule has 0 saturated heterocycles. The Morgan fingerprint density at radius 3 is 1.97 bits per heavy atom. The van der Waals surface area contributed by atoms with Gasteiger partial charge in [0.1, 0.15) is 17.3 Å². The molecule has 0 spiro atoms. The van der Waals surface area contributed by atoms with Crippen LogP contribution in [0.3, 0.4) is 0 Å². The lowest BCUT2D eigenvalue weighted by Crippen LogP contribution is -2.25. The average Bonchev–Trinajstić information content (AvgIpc) is 3.97. The molecule has 0 saturated carbocycles. The normalized spacial score (nSPS) is 13.1. The Kier molecular flexibility index (Phi) is 9.28. The molecule has 6 heteroatoms. The Hall–Kier alpha value is -7.05. The van der Waals surface area contributed by atoms with Crippen LogP contribution in [0.2, 0.25) is 0 Å². The molecule has 0 fully saturated rings. The number of nitrogens with zero attached hydrogens (tertiary/aromatic N) is 5. The van der Waals surface area contributed by atoms with E-state index in [1.54, 1.807) is 0 Å². The molecule has 0 N–H and O–H groups in total. The molecule has 10 rings (SSSR count). The zero-order valence-electron chi connectivity index (χ0n) is 34.9. The van der Waals surface area contributed by atoms with Gasteiger partial charge in [-0.05, 0) is 95.1 Å². The zero-order valence-corrected chi connectivity index (χ0v) is 34.9. The predicted molar refractivity (Wildman–Crippen MR) is 250 cm³/mol. The van der Waals surface area contributed by atoms with E-state index in [2.05, 4.69) is 224 Å². The maximum absolute atomic E-state index is 6.77. The van der Waals surface area contributed by atoms with Gasteiger partial charge in [0, 0.05) is 64.1 Å². The molecule has 0 unspecified atom stereocenters. The van der Waals surface area contributed by atoms with E-state index >= 15 is 0 Å². The van der Waals surface area contributed by atoms with Crippen molar-refractivity contribution in [3.63, 3.8) is 0 Å². The molecule has 296 valence electrons. The number of fused-ring (bicyclic) bond motifs is 5. The summed E-state index contributed by atoms with van der Waals surface area (Å²) >= 11 is 0. The minimum absolute atomic E-state index is 0.0849. The summed E-state index contributed by atoms with van der Waals surface area (Å²) in [6, 6.07) is 56.0. The molecule has 0 bridgehead atoms. The Labute approximate surface area is 352 Å². The first-order chi connectivity index (χ1) is 29.2. The van der Waals surface area contributed by atoms with Crippen molar-refractivity contribution >= 4 is 44.2 Å². The lowest BCUT2D eigenvalue weighted by atomic mass is 9.87. The molecule has 1 aliphatic rings. The first-order valence-electron chi connectivity index (χ1n) is 21.0. The van der Waals surface area contributed by atoms with E-state index in [-0.39, 0.29) is 5.41 Å². The number of hydrogen-bond acceptors (Lipinski definition) is 4. The van der Waals surface area contributed by atoms with Crippen molar-refractivity contribution < 1.29 is 4.74 Å². The van der Waals surface area contributed by atoms with E-state index in [4.69, 9.17) is 9.72 Å². The van der Waals surface area contributed by atoms with Gasteiger partial charge in [0.15, 0.2) is 0 Å². The highest BCUT2D eigenvalue weighted by Crippen LogP contribution is 2.43. The van der Waals surface area contributed by atoms with Gasteiger partial charge < -0.3 is 19.1 Å². The predicted octanol–water partition coefficient (Wildman–Crippen LogP) is 13.8. The van der Waals surface area contributed by atoms with Crippen LogP contribution in [-0.2, 0) is 11.8 Å². The van der Waals surface area contributed by atoms with Gasteiger partial charge in [0.05, 0.1) is 28.7 Å². The van der Waals surface area contributed by atoms with Crippen LogP contribution in [0.25, 0.3) is 55.5 Å². The molecule has 0 atom stereocenters. The Balaban J connectivity index is 1.08. The zero-order chi connectivity index (χ0) is 41.0. The third-order valence-corrected chi connectivity index (χ3v) is 11.6. The van der Waals surface area contributed by atoms with Gasteiger partial charge in [-0.25, -0.2) is 4.98 Å². The summed E-state index contributed by atoms with van der Waals surface area (Å²) in [4.78, 5) is 9.81. The molecule has 60 heavy (non-hydrogen) atoms. The average molecular weight is 784 g/mol. The van der Waals surface area contributed by atoms with Gasteiger partial charge in [-0.3, -0.25) is 4.57 Å². The fourth-order valence-corrected chi connectivity index (χ4v) is 8.72. The van der Waals surface area contributed by atoms with Crippen molar-refractivity contribution in [2.45, 2.75) is 46.5 Å². The number of aromatic nitrogens is 3. The lowest BCUT2D eigenvalue weighted by Gasteiger charge is -2.24. The molecule has 6 aromatic carbocycles. The van der Waals surface area contributed by atoms with Gasteiger partial charge >= 0.3 is 0 Å². The minimum Gasteiger partial charge on any atom is -0.457 e. The second kappa shape index (κ2) is 15.0.